The molecule has 3 aromatic rings. The Balaban J connectivity index is 2.42. The number of methoxy groups -OCH3 is 3. The van der Waals surface area contributed by atoms with Crippen molar-refractivity contribution < 1.29 is 39.1 Å². The summed E-state index contributed by atoms with van der Waals surface area (Å²) >= 11 is 0. The molecule has 0 unspecified atom stereocenters. The molecule has 9 heteroatoms. The number of phenolic OH excluding ortho intramolecular Hbond substituents is 4. The Bertz CT molecular complexity index is 1100. The van der Waals surface area contributed by atoms with Gasteiger partial charge in [0.25, 0.3) is 0 Å². The minimum atomic E-state index is -0.765. The first kappa shape index (κ1) is 18.1. The summed E-state index contributed by atoms with van der Waals surface area (Å²) in [6.07, 6.45) is 0. The normalized spacial score (nSPS) is 10.8. The third-order valence-electron chi connectivity index (χ3n) is 4.00. The monoisotopic (exact) mass is 376 g/mol. The molecule has 0 saturated heterocycles. The number of rotatable bonds is 4. The standard InChI is InChI=1S/C18H16O9/c1-24-11-5-8(19)7(4-9(11)20)16-18(26-3)15(23)13-12(27-16)6-10(21)17(25-2)14(13)22/h4-6,19-22H,1-3H3. The van der Waals surface area contributed by atoms with Crippen molar-refractivity contribution in [3.05, 3.63) is 28.4 Å². The fraction of sp³-hybridized carbons (Fsp3) is 0.167. The Morgan fingerprint density at radius 1 is 0.815 bits per heavy atom. The maximum absolute atomic E-state index is 12.8. The lowest BCUT2D eigenvalue weighted by Crippen LogP contribution is -2.08. The van der Waals surface area contributed by atoms with E-state index in [1.807, 2.05) is 0 Å². The number of hydrogen-bond acceptors (Lipinski definition) is 9. The minimum absolute atomic E-state index is 0.0124. The van der Waals surface area contributed by atoms with E-state index >= 15 is 0 Å². The van der Waals surface area contributed by atoms with Crippen LogP contribution in [0.15, 0.2) is 27.4 Å². The van der Waals surface area contributed by atoms with Gasteiger partial charge in [-0.15, -0.1) is 0 Å². The van der Waals surface area contributed by atoms with E-state index in [2.05, 4.69) is 0 Å². The predicted octanol–water partition coefficient (Wildman–Crippen LogP) is 2.31. The van der Waals surface area contributed by atoms with E-state index in [1.165, 1.54) is 21.3 Å². The van der Waals surface area contributed by atoms with Gasteiger partial charge < -0.3 is 39.1 Å². The Morgan fingerprint density at radius 2 is 1.48 bits per heavy atom. The van der Waals surface area contributed by atoms with Gasteiger partial charge >= 0.3 is 0 Å². The largest absolute Gasteiger partial charge is 0.507 e. The number of fused-ring (bicyclic) bond motifs is 1. The van der Waals surface area contributed by atoms with E-state index in [0.717, 1.165) is 18.2 Å². The van der Waals surface area contributed by atoms with Crippen molar-refractivity contribution in [2.75, 3.05) is 21.3 Å². The molecule has 2 aromatic carbocycles. The van der Waals surface area contributed by atoms with Gasteiger partial charge in [-0.3, -0.25) is 4.79 Å². The molecule has 0 fully saturated rings. The summed E-state index contributed by atoms with van der Waals surface area (Å²) in [5.41, 5.74) is -1.00. The molecule has 0 radical (unpaired) electrons. The van der Waals surface area contributed by atoms with E-state index in [9.17, 15) is 25.2 Å². The number of ether oxygens (including phenoxy) is 3. The SMILES string of the molecule is COc1cc(O)c(-c2oc3cc(O)c(OC)c(O)c3c(=O)c2OC)cc1O. The first-order chi connectivity index (χ1) is 12.8. The van der Waals surface area contributed by atoms with E-state index < -0.39 is 16.9 Å². The lowest BCUT2D eigenvalue weighted by molar-refractivity contribution is 0.345. The lowest BCUT2D eigenvalue weighted by atomic mass is 10.1. The van der Waals surface area contributed by atoms with Gasteiger partial charge in [0.15, 0.2) is 28.8 Å². The maximum atomic E-state index is 12.8. The Kier molecular flexibility index (Phi) is 4.36. The number of benzene rings is 2. The van der Waals surface area contributed by atoms with Gasteiger partial charge in [-0.25, -0.2) is 0 Å². The average Bonchev–Trinajstić information content (AvgIpc) is 2.63. The molecule has 0 aliphatic heterocycles. The van der Waals surface area contributed by atoms with Crippen LogP contribution >= 0.6 is 0 Å². The minimum Gasteiger partial charge on any atom is -0.507 e. The second-order valence-corrected chi connectivity index (χ2v) is 5.49. The molecule has 1 aromatic heterocycles. The van der Waals surface area contributed by atoms with E-state index in [0.29, 0.717) is 0 Å². The molecule has 4 N–H and O–H groups in total. The zero-order valence-corrected chi connectivity index (χ0v) is 14.6. The van der Waals surface area contributed by atoms with Crippen molar-refractivity contribution in [1.82, 2.24) is 0 Å². The fourth-order valence-electron chi connectivity index (χ4n) is 2.75. The van der Waals surface area contributed by atoms with Crippen molar-refractivity contribution in [2.45, 2.75) is 0 Å². The summed E-state index contributed by atoms with van der Waals surface area (Å²) in [4.78, 5) is 12.8. The first-order valence-corrected chi connectivity index (χ1v) is 7.58. The molecule has 0 aliphatic rings. The molecule has 0 saturated carbocycles. The van der Waals surface area contributed by atoms with Crippen LogP contribution in [0.4, 0.5) is 0 Å². The number of hydrogen-bond donors (Lipinski definition) is 4. The maximum Gasteiger partial charge on any atom is 0.239 e. The zero-order chi connectivity index (χ0) is 19.9. The molecule has 142 valence electrons. The van der Waals surface area contributed by atoms with Crippen molar-refractivity contribution in [3.8, 4) is 51.6 Å². The summed E-state index contributed by atoms with van der Waals surface area (Å²) in [5, 5.41) is 40.2. The van der Waals surface area contributed by atoms with Gasteiger partial charge in [0.05, 0.1) is 26.9 Å². The highest BCUT2D eigenvalue weighted by molar-refractivity contribution is 5.91. The second kappa shape index (κ2) is 6.52. The van der Waals surface area contributed by atoms with Crippen molar-refractivity contribution in [1.29, 1.82) is 0 Å². The Labute approximate surface area is 152 Å². The lowest BCUT2D eigenvalue weighted by Gasteiger charge is -2.14. The average molecular weight is 376 g/mol. The second-order valence-electron chi connectivity index (χ2n) is 5.49. The van der Waals surface area contributed by atoms with Crippen molar-refractivity contribution in [3.63, 3.8) is 0 Å². The van der Waals surface area contributed by atoms with Gasteiger partial charge in [0.2, 0.25) is 16.9 Å². The first-order valence-electron chi connectivity index (χ1n) is 7.58. The summed E-state index contributed by atoms with van der Waals surface area (Å²) < 4.78 is 20.5. The van der Waals surface area contributed by atoms with Crippen LogP contribution in [0, 0.1) is 0 Å². The Morgan fingerprint density at radius 3 is 2.07 bits per heavy atom. The molecule has 0 atom stereocenters. The molecule has 3 rings (SSSR count). The van der Waals surface area contributed by atoms with Gasteiger partial charge in [-0.1, -0.05) is 0 Å². The summed E-state index contributed by atoms with van der Waals surface area (Å²) in [6.45, 7) is 0. The van der Waals surface area contributed by atoms with Crippen LogP contribution in [0.25, 0.3) is 22.3 Å². The highest BCUT2D eigenvalue weighted by Crippen LogP contribution is 2.45. The van der Waals surface area contributed by atoms with Gasteiger partial charge in [-0.2, -0.15) is 0 Å². The molecule has 0 bridgehead atoms. The molecule has 9 nitrogen and oxygen atoms in total. The summed E-state index contributed by atoms with van der Waals surface area (Å²) in [7, 11) is 3.73. The fourth-order valence-corrected chi connectivity index (χ4v) is 2.75. The third kappa shape index (κ3) is 2.69. The topological polar surface area (TPSA) is 139 Å². The molecule has 1 heterocycles. The smallest absolute Gasteiger partial charge is 0.239 e. The van der Waals surface area contributed by atoms with E-state index in [-0.39, 0.29) is 51.0 Å². The third-order valence-corrected chi connectivity index (χ3v) is 4.00. The summed E-state index contributed by atoms with van der Waals surface area (Å²) in [5.74, 6) is -2.56. The predicted molar refractivity (Wildman–Crippen MR) is 94.2 cm³/mol. The molecule has 0 aliphatic carbocycles. The van der Waals surface area contributed by atoms with Crippen LogP contribution in [0.1, 0.15) is 0 Å². The van der Waals surface area contributed by atoms with Crippen LogP contribution in [0.3, 0.4) is 0 Å². The number of phenols is 4. The van der Waals surface area contributed by atoms with Gasteiger partial charge in [0, 0.05) is 12.1 Å². The highest BCUT2D eigenvalue weighted by atomic mass is 16.5. The summed E-state index contributed by atoms with van der Waals surface area (Å²) in [6, 6.07) is 3.35. The van der Waals surface area contributed by atoms with Crippen LogP contribution in [0.2, 0.25) is 0 Å². The number of aromatic hydroxyl groups is 4. The highest BCUT2D eigenvalue weighted by Gasteiger charge is 2.25. The van der Waals surface area contributed by atoms with E-state index in [4.69, 9.17) is 18.6 Å². The Hall–Kier alpha value is -3.75. The van der Waals surface area contributed by atoms with E-state index in [1.54, 1.807) is 0 Å². The van der Waals surface area contributed by atoms with Crippen molar-refractivity contribution >= 4 is 11.0 Å². The van der Waals surface area contributed by atoms with Crippen LogP contribution in [0.5, 0.6) is 40.2 Å². The van der Waals surface area contributed by atoms with Crippen LogP contribution in [-0.2, 0) is 0 Å². The quantitative estimate of drug-likeness (QED) is 0.505. The van der Waals surface area contributed by atoms with Crippen LogP contribution < -0.4 is 19.6 Å². The molecule has 0 amide bonds. The molecular formula is C18H16O9. The molecular weight excluding hydrogens is 360 g/mol. The van der Waals surface area contributed by atoms with Gasteiger partial charge in [-0.05, 0) is 6.07 Å². The van der Waals surface area contributed by atoms with Crippen molar-refractivity contribution in [2.24, 2.45) is 0 Å². The van der Waals surface area contributed by atoms with Gasteiger partial charge in [0.1, 0.15) is 16.7 Å². The molecule has 0 spiro atoms. The zero-order valence-electron chi connectivity index (χ0n) is 14.6. The van der Waals surface area contributed by atoms with Crippen LogP contribution in [-0.4, -0.2) is 41.8 Å². The molecule has 27 heavy (non-hydrogen) atoms.